The summed E-state index contributed by atoms with van der Waals surface area (Å²) in [6, 6.07) is 3.17. The van der Waals surface area contributed by atoms with Crippen LogP contribution in [-0.2, 0) is 11.3 Å². The van der Waals surface area contributed by atoms with Crippen molar-refractivity contribution in [2.24, 2.45) is 0 Å². The second-order valence-electron chi connectivity index (χ2n) is 3.42. The predicted octanol–water partition coefficient (Wildman–Crippen LogP) is 2.55. The minimum absolute atomic E-state index is 0.0410. The van der Waals surface area contributed by atoms with Crippen molar-refractivity contribution >= 4 is 17.5 Å². The molecule has 0 bridgehead atoms. The van der Waals surface area contributed by atoms with E-state index in [0.717, 1.165) is 18.2 Å². The number of carbonyl (C=O) groups excluding carboxylic acids is 1. The molecule has 1 amide bonds. The van der Waals surface area contributed by atoms with Gasteiger partial charge >= 0.3 is 0 Å². The lowest BCUT2D eigenvalue weighted by molar-refractivity contribution is -0.130. The van der Waals surface area contributed by atoms with E-state index in [1.165, 1.54) is 11.9 Å². The highest BCUT2D eigenvalue weighted by atomic mass is 35.5. The van der Waals surface area contributed by atoms with Crippen molar-refractivity contribution in [3.63, 3.8) is 0 Å². The fourth-order valence-corrected chi connectivity index (χ4v) is 1.44. The molecule has 16 heavy (non-hydrogen) atoms. The van der Waals surface area contributed by atoms with Gasteiger partial charge in [0.1, 0.15) is 11.6 Å². The first kappa shape index (κ1) is 12.9. The fraction of sp³-hybridized carbons (Fsp3) is 0.364. The van der Waals surface area contributed by atoms with Gasteiger partial charge in [0.2, 0.25) is 5.91 Å². The maximum atomic E-state index is 13.2. The van der Waals surface area contributed by atoms with Gasteiger partial charge in [0, 0.05) is 31.5 Å². The average Bonchev–Trinajstić information content (AvgIpc) is 2.23. The van der Waals surface area contributed by atoms with Crippen molar-refractivity contribution in [3.8, 4) is 0 Å². The van der Waals surface area contributed by atoms with E-state index in [2.05, 4.69) is 0 Å². The minimum Gasteiger partial charge on any atom is -0.341 e. The zero-order chi connectivity index (χ0) is 12.1. The van der Waals surface area contributed by atoms with E-state index >= 15 is 0 Å². The highest BCUT2D eigenvalue weighted by Crippen LogP contribution is 2.12. The molecule has 2 nitrogen and oxygen atoms in total. The van der Waals surface area contributed by atoms with E-state index in [4.69, 9.17) is 11.6 Å². The summed E-state index contributed by atoms with van der Waals surface area (Å²) in [5, 5.41) is 0. The number of alkyl halides is 1. The molecule has 0 radical (unpaired) electrons. The first-order chi connectivity index (χ1) is 7.54. The fourth-order valence-electron chi connectivity index (χ4n) is 1.28. The highest BCUT2D eigenvalue weighted by Gasteiger charge is 2.11. The number of benzene rings is 1. The molecule has 0 fully saturated rings. The van der Waals surface area contributed by atoms with Crippen LogP contribution < -0.4 is 0 Å². The highest BCUT2D eigenvalue weighted by molar-refractivity contribution is 6.18. The van der Waals surface area contributed by atoms with Gasteiger partial charge in [-0.3, -0.25) is 4.79 Å². The Kier molecular flexibility index (Phi) is 4.68. The van der Waals surface area contributed by atoms with Crippen LogP contribution in [0.15, 0.2) is 18.2 Å². The molecule has 0 unspecified atom stereocenters. The molecule has 0 saturated carbocycles. The van der Waals surface area contributed by atoms with Crippen molar-refractivity contribution in [3.05, 3.63) is 35.4 Å². The molecule has 0 aliphatic heterocycles. The van der Waals surface area contributed by atoms with Crippen molar-refractivity contribution in [1.82, 2.24) is 4.90 Å². The Morgan fingerprint density at radius 2 is 2.12 bits per heavy atom. The van der Waals surface area contributed by atoms with Gasteiger partial charge < -0.3 is 4.90 Å². The van der Waals surface area contributed by atoms with Crippen LogP contribution in [-0.4, -0.2) is 23.7 Å². The summed E-state index contributed by atoms with van der Waals surface area (Å²) in [6.07, 6.45) is 0.189. The number of hydrogen-bond donors (Lipinski definition) is 0. The predicted molar refractivity (Wildman–Crippen MR) is 58.2 cm³/mol. The van der Waals surface area contributed by atoms with E-state index in [1.807, 2.05) is 0 Å². The number of hydrogen-bond acceptors (Lipinski definition) is 1. The molecule has 1 rings (SSSR count). The van der Waals surface area contributed by atoms with Gasteiger partial charge in [-0.05, 0) is 18.2 Å². The molecule has 0 N–H and O–H groups in total. The third-order valence-electron chi connectivity index (χ3n) is 2.15. The van der Waals surface area contributed by atoms with E-state index in [1.54, 1.807) is 0 Å². The van der Waals surface area contributed by atoms with E-state index in [0.29, 0.717) is 0 Å². The molecule has 0 aromatic heterocycles. The topological polar surface area (TPSA) is 20.3 Å². The van der Waals surface area contributed by atoms with E-state index in [9.17, 15) is 13.6 Å². The first-order valence-corrected chi connectivity index (χ1v) is 5.32. The number of halogens is 3. The molecule has 0 atom stereocenters. The quantitative estimate of drug-likeness (QED) is 0.749. The molecule has 88 valence electrons. The Morgan fingerprint density at radius 1 is 1.44 bits per heavy atom. The van der Waals surface area contributed by atoms with Crippen molar-refractivity contribution in [2.45, 2.75) is 13.0 Å². The van der Waals surface area contributed by atoms with Crippen LogP contribution in [0.1, 0.15) is 12.0 Å². The molecule has 0 heterocycles. The Balaban J connectivity index is 2.72. The summed E-state index contributed by atoms with van der Waals surface area (Å²) in [7, 11) is 1.53. The molecule has 0 saturated heterocycles. The maximum Gasteiger partial charge on any atom is 0.223 e. The molecular weight excluding hydrogens is 236 g/mol. The molecule has 1 aromatic carbocycles. The Hall–Kier alpha value is -1.16. The summed E-state index contributed by atoms with van der Waals surface area (Å²) in [5.74, 6) is -1.02. The summed E-state index contributed by atoms with van der Waals surface area (Å²) in [5.41, 5.74) is 0.158. The van der Waals surface area contributed by atoms with E-state index in [-0.39, 0.29) is 30.3 Å². The van der Waals surface area contributed by atoms with Crippen LogP contribution in [0.5, 0.6) is 0 Å². The molecule has 0 aliphatic rings. The van der Waals surface area contributed by atoms with Gasteiger partial charge in [-0.15, -0.1) is 11.6 Å². The maximum absolute atomic E-state index is 13.2. The monoisotopic (exact) mass is 247 g/mol. The molecule has 0 spiro atoms. The number of rotatable bonds is 4. The van der Waals surface area contributed by atoms with Crippen molar-refractivity contribution in [2.75, 3.05) is 12.9 Å². The van der Waals surface area contributed by atoms with Gasteiger partial charge in [0.05, 0.1) is 0 Å². The lowest BCUT2D eigenvalue weighted by atomic mass is 10.2. The Bertz CT molecular complexity index is 384. The number of nitrogens with zero attached hydrogens (tertiary/aromatic N) is 1. The molecule has 5 heteroatoms. The van der Waals surface area contributed by atoms with Crippen molar-refractivity contribution in [1.29, 1.82) is 0 Å². The summed E-state index contributed by atoms with van der Waals surface area (Å²) < 4.78 is 26.1. The largest absolute Gasteiger partial charge is 0.341 e. The van der Waals surface area contributed by atoms with Gasteiger partial charge in [-0.2, -0.15) is 0 Å². The summed E-state index contributed by atoms with van der Waals surface area (Å²) in [6.45, 7) is 0.0410. The summed E-state index contributed by atoms with van der Waals surface area (Å²) >= 11 is 5.42. The van der Waals surface area contributed by atoms with Crippen LogP contribution in [0, 0.1) is 11.6 Å². The zero-order valence-electron chi connectivity index (χ0n) is 8.84. The third kappa shape index (κ3) is 3.45. The van der Waals surface area contributed by atoms with Gasteiger partial charge in [-0.1, -0.05) is 0 Å². The number of carbonyl (C=O) groups is 1. The first-order valence-electron chi connectivity index (χ1n) is 4.78. The van der Waals surface area contributed by atoms with Gasteiger partial charge in [0.25, 0.3) is 0 Å². The number of amides is 1. The van der Waals surface area contributed by atoms with Crippen LogP contribution in [0.3, 0.4) is 0 Å². The normalized spacial score (nSPS) is 10.2. The second kappa shape index (κ2) is 5.80. The van der Waals surface area contributed by atoms with Crippen molar-refractivity contribution < 1.29 is 13.6 Å². The van der Waals surface area contributed by atoms with E-state index < -0.39 is 11.6 Å². The third-order valence-corrected chi connectivity index (χ3v) is 2.34. The molecular formula is C11H12ClF2NO. The minimum atomic E-state index is -0.521. The summed E-state index contributed by atoms with van der Waals surface area (Å²) in [4.78, 5) is 12.7. The van der Waals surface area contributed by atoms with Crippen LogP contribution >= 0.6 is 11.6 Å². The van der Waals surface area contributed by atoms with Gasteiger partial charge in [-0.25, -0.2) is 8.78 Å². The second-order valence-corrected chi connectivity index (χ2v) is 3.80. The molecule has 1 aromatic rings. The molecule has 0 aliphatic carbocycles. The smallest absolute Gasteiger partial charge is 0.223 e. The van der Waals surface area contributed by atoms with Crippen LogP contribution in [0.4, 0.5) is 8.78 Å². The van der Waals surface area contributed by atoms with Crippen LogP contribution in [0.25, 0.3) is 0 Å². The zero-order valence-corrected chi connectivity index (χ0v) is 9.60. The SMILES string of the molecule is CN(Cc1cc(F)ccc1F)C(=O)CCCl. The Morgan fingerprint density at radius 3 is 2.75 bits per heavy atom. The van der Waals surface area contributed by atoms with Crippen LogP contribution in [0.2, 0.25) is 0 Å². The lowest BCUT2D eigenvalue weighted by Crippen LogP contribution is -2.26. The lowest BCUT2D eigenvalue weighted by Gasteiger charge is -2.17. The standard InChI is InChI=1S/C11H12ClF2NO/c1-15(11(16)4-5-12)7-8-6-9(13)2-3-10(8)14/h2-3,6H,4-5,7H2,1H3. The van der Waals surface area contributed by atoms with Gasteiger partial charge in [0.15, 0.2) is 0 Å². The Labute approximate surface area is 97.8 Å². The average molecular weight is 248 g/mol.